The number of ether oxygens (including phenoxy) is 1. The zero-order chi connectivity index (χ0) is 14.2. The van der Waals surface area contributed by atoms with Crippen molar-refractivity contribution in [3.63, 3.8) is 0 Å². The topological polar surface area (TPSA) is 56.1 Å². The van der Waals surface area contributed by atoms with Crippen LogP contribution in [0.4, 0.5) is 4.79 Å². The summed E-state index contributed by atoms with van der Waals surface area (Å²) in [5, 5.41) is 2.91. The highest BCUT2D eigenvalue weighted by Gasteiger charge is 2.26. The first-order valence-corrected chi connectivity index (χ1v) is 7.75. The highest BCUT2D eigenvalue weighted by atomic mass is 79.9. The van der Waals surface area contributed by atoms with Crippen molar-refractivity contribution in [3.8, 4) is 0 Å². The monoisotopic (exact) mass is 393 g/mol. The molecule has 1 aromatic rings. The van der Waals surface area contributed by atoms with Crippen LogP contribution in [0.15, 0.2) is 9.21 Å². The summed E-state index contributed by atoms with van der Waals surface area (Å²) in [6.45, 7) is 6.27. The summed E-state index contributed by atoms with van der Waals surface area (Å²) in [4.78, 5) is 16.2. The first-order valence-electron chi connectivity index (χ1n) is 6.16. The maximum absolute atomic E-state index is 11.7. The van der Waals surface area contributed by atoms with Crippen molar-refractivity contribution < 1.29 is 9.53 Å². The quantitative estimate of drug-likeness (QED) is 0.795. The predicted octanol–water partition coefficient (Wildman–Crippen LogP) is 3.25. The molecule has 1 atom stereocenters. The van der Waals surface area contributed by atoms with E-state index in [9.17, 15) is 4.79 Å². The number of fused-ring (bicyclic) bond motifs is 1. The number of hydrogen-bond acceptors (Lipinski definition) is 3. The van der Waals surface area contributed by atoms with Crippen LogP contribution >= 0.6 is 31.9 Å². The highest BCUT2D eigenvalue weighted by molar-refractivity contribution is 9.13. The number of aryl methyl sites for hydroxylation is 1. The van der Waals surface area contributed by atoms with Crippen LogP contribution in [0.25, 0.3) is 0 Å². The van der Waals surface area contributed by atoms with Crippen molar-refractivity contribution >= 4 is 38.0 Å². The zero-order valence-corrected chi connectivity index (χ0v) is 14.3. The predicted molar refractivity (Wildman–Crippen MR) is 79.1 cm³/mol. The Balaban J connectivity index is 1.99. The summed E-state index contributed by atoms with van der Waals surface area (Å²) in [6, 6.07) is 0.0692. The number of rotatable bonds is 1. The molecule has 5 nitrogen and oxygen atoms in total. The Morgan fingerprint density at radius 1 is 1.47 bits per heavy atom. The molecular formula is C12H17Br2N3O2. The van der Waals surface area contributed by atoms with Crippen molar-refractivity contribution in [2.45, 2.75) is 51.8 Å². The standard InChI is InChI=1S/C12H17Br2N3O2/c1-12(2,3)19-11(18)15-7-4-5-8-16-9(13)10(14)17(8)6-7/h7H,4-6H2,1-3H3,(H,15,18). The first kappa shape index (κ1) is 14.8. The minimum Gasteiger partial charge on any atom is -0.444 e. The Kier molecular flexibility index (Phi) is 4.25. The Bertz CT molecular complexity index is 494. The number of carbonyl (C=O) groups excluding carboxylic acids is 1. The molecule has 0 aliphatic carbocycles. The number of nitrogens with zero attached hydrogens (tertiary/aromatic N) is 2. The van der Waals surface area contributed by atoms with E-state index in [2.05, 4.69) is 46.7 Å². The third-order valence-electron chi connectivity index (χ3n) is 2.79. The van der Waals surface area contributed by atoms with E-state index in [1.54, 1.807) is 0 Å². The second kappa shape index (κ2) is 5.44. The van der Waals surface area contributed by atoms with Crippen LogP contribution < -0.4 is 5.32 Å². The first-order chi connectivity index (χ1) is 8.76. The molecule has 0 aromatic carbocycles. The number of alkyl carbamates (subject to hydrolysis) is 1. The largest absolute Gasteiger partial charge is 0.444 e. The molecule has 106 valence electrons. The van der Waals surface area contributed by atoms with E-state index in [-0.39, 0.29) is 12.1 Å². The second-order valence-corrected chi connectivity index (χ2v) is 7.10. The van der Waals surface area contributed by atoms with E-state index in [4.69, 9.17) is 4.74 Å². The molecule has 19 heavy (non-hydrogen) atoms. The molecule has 1 N–H and O–H groups in total. The van der Waals surface area contributed by atoms with E-state index in [1.165, 1.54) is 0 Å². The number of hydrogen-bond donors (Lipinski definition) is 1. The van der Waals surface area contributed by atoms with Crippen molar-refractivity contribution in [1.29, 1.82) is 0 Å². The smallest absolute Gasteiger partial charge is 0.407 e. The van der Waals surface area contributed by atoms with Crippen LogP contribution in [0.3, 0.4) is 0 Å². The summed E-state index contributed by atoms with van der Waals surface area (Å²) in [5.74, 6) is 1.03. The fourth-order valence-electron chi connectivity index (χ4n) is 2.03. The van der Waals surface area contributed by atoms with Gasteiger partial charge < -0.3 is 14.6 Å². The molecule has 1 aromatic heterocycles. The second-order valence-electron chi connectivity index (χ2n) is 5.60. The fourth-order valence-corrected chi connectivity index (χ4v) is 2.88. The maximum atomic E-state index is 11.7. The Hall–Kier alpha value is -0.560. The zero-order valence-electron chi connectivity index (χ0n) is 11.2. The van der Waals surface area contributed by atoms with Gasteiger partial charge in [0.05, 0.1) is 6.04 Å². The fraction of sp³-hybridized carbons (Fsp3) is 0.667. The van der Waals surface area contributed by atoms with Gasteiger partial charge in [0.2, 0.25) is 0 Å². The Labute approximate surface area is 129 Å². The van der Waals surface area contributed by atoms with E-state index in [0.29, 0.717) is 6.54 Å². The normalized spacial score (nSPS) is 18.9. The van der Waals surface area contributed by atoms with Gasteiger partial charge in [-0.3, -0.25) is 0 Å². The van der Waals surface area contributed by atoms with Gasteiger partial charge in [-0.1, -0.05) is 0 Å². The van der Waals surface area contributed by atoms with Crippen molar-refractivity contribution in [1.82, 2.24) is 14.9 Å². The number of carbonyl (C=O) groups is 1. The lowest BCUT2D eigenvalue weighted by Gasteiger charge is -2.27. The third kappa shape index (κ3) is 3.72. The van der Waals surface area contributed by atoms with Crippen LogP contribution in [0.2, 0.25) is 0 Å². The van der Waals surface area contributed by atoms with Gasteiger partial charge in [0.15, 0.2) is 0 Å². The van der Waals surface area contributed by atoms with Gasteiger partial charge in [0, 0.05) is 13.0 Å². The van der Waals surface area contributed by atoms with Crippen LogP contribution in [0.1, 0.15) is 33.0 Å². The van der Waals surface area contributed by atoms with Gasteiger partial charge in [-0.05, 0) is 59.1 Å². The number of nitrogens with one attached hydrogen (secondary N) is 1. The van der Waals surface area contributed by atoms with E-state index >= 15 is 0 Å². The van der Waals surface area contributed by atoms with Gasteiger partial charge in [-0.2, -0.15) is 0 Å². The molecule has 2 heterocycles. The van der Waals surface area contributed by atoms with Crippen LogP contribution in [0.5, 0.6) is 0 Å². The molecule has 0 bridgehead atoms. The van der Waals surface area contributed by atoms with Gasteiger partial charge in [-0.15, -0.1) is 0 Å². The molecule has 0 saturated heterocycles. The summed E-state index contributed by atoms with van der Waals surface area (Å²) >= 11 is 6.88. The molecule has 1 aliphatic rings. The summed E-state index contributed by atoms with van der Waals surface area (Å²) in [7, 11) is 0. The van der Waals surface area contributed by atoms with Gasteiger partial charge in [0.25, 0.3) is 0 Å². The summed E-state index contributed by atoms with van der Waals surface area (Å²) < 4.78 is 9.05. The SMILES string of the molecule is CC(C)(C)OC(=O)NC1CCc2nc(Br)c(Br)n2C1. The van der Waals surface area contributed by atoms with E-state index in [1.807, 2.05) is 20.8 Å². The molecule has 1 amide bonds. The molecule has 1 unspecified atom stereocenters. The maximum Gasteiger partial charge on any atom is 0.407 e. The minimum absolute atomic E-state index is 0.0692. The van der Waals surface area contributed by atoms with Gasteiger partial charge >= 0.3 is 6.09 Å². The van der Waals surface area contributed by atoms with Crippen LogP contribution in [-0.2, 0) is 17.7 Å². The number of aromatic nitrogens is 2. The van der Waals surface area contributed by atoms with E-state index < -0.39 is 5.60 Å². The average molecular weight is 395 g/mol. The summed E-state index contributed by atoms with van der Waals surface area (Å²) in [5.41, 5.74) is -0.470. The minimum atomic E-state index is -0.470. The lowest BCUT2D eigenvalue weighted by Crippen LogP contribution is -2.43. The van der Waals surface area contributed by atoms with Crippen LogP contribution in [-0.4, -0.2) is 27.3 Å². The van der Waals surface area contributed by atoms with Crippen LogP contribution in [0, 0.1) is 0 Å². The van der Waals surface area contributed by atoms with Crippen molar-refractivity contribution in [2.75, 3.05) is 0 Å². The lowest BCUT2D eigenvalue weighted by molar-refractivity contribution is 0.0492. The molecule has 0 radical (unpaired) electrons. The Morgan fingerprint density at radius 3 is 2.79 bits per heavy atom. The number of halogens is 2. The highest BCUT2D eigenvalue weighted by Crippen LogP contribution is 2.28. The lowest BCUT2D eigenvalue weighted by atomic mass is 10.1. The van der Waals surface area contributed by atoms with Gasteiger partial charge in [-0.25, -0.2) is 9.78 Å². The molecule has 0 saturated carbocycles. The summed E-state index contributed by atoms with van der Waals surface area (Å²) in [6.07, 6.45) is 1.34. The third-order valence-corrected chi connectivity index (χ3v) is 4.67. The van der Waals surface area contributed by atoms with E-state index in [0.717, 1.165) is 27.9 Å². The van der Waals surface area contributed by atoms with Crippen molar-refractivity contribution in [2.24, 2.45) is 0 Å². The molecule has 7 heteroatoms. The molecule has 0 spiro atoms. The molecule has 1 aliphatic heterocycles. The average Bonchev–Trinajstić information content (AvgIpc) is 2.53. The van der Waals surface area contributed by atoms with Crippen molar-refractivity contribution in [3.05, 3.63) is 15.0 Å². The molecular weight excluding hydrogens is 378 g/mol. The number of imidazole rings is 1. The molecule has 2 rings (SSSR count). The number of amides is 1. The van der Waals surface area contributed by atoms with Gasteiger partial charge in [0.1, 0.15) is 20.6 Å². The Morgan fingerprint density at radius 2 is 2.16 bits per heavy atom. The molecule has 0 fully saturated rings.